The molecule has 112 valence electrons. The Kier molecular flexibility index (Phi) is 4.52. The van der Waals surface area contributed by atoms with Crippen molar-refractivity contribution in [2.24, 2.45) is 4.99 Å². The highest BCUT2D eigenvalue weighted by Crippen LogP contribution is 2.42. The third kappa shape index (κ3) is 3.25. The monoisotopic (exact) mass is 284 g/mol. The van der Waals surface area contributed by atoms with Gasteiger partial charge in [0, 0.05) is 6.54 Å². The third-order valence-electron chi connectivity index (χ3n) is 5.01. The van der Waals surface area contributed by atoms with Crippen LogP contribution in [0.5, 0.6) is 0 Å². The van der Waals surface area contributed by atoms with Gasteiger partial charge in [-0.25, -0.2) is 4.79 Å². The number of carbonyl (C=O) groups excluding carboxylic acids is 1. The number of piperidine rings is 1. The molecule has 1 aliphatic heterocycles. The lowest BCUT2D eigenvalue weighted by Crippen LogP contribution is -2.29. The number of nitrogens with zero attached hydrogens (tertiary/aromatic N) is 2. The summed E-state index contributed by atoms with van der Waals surface area (Å²) in [5, 5.41) is 0. The van der Waals surface area contributed by atoms with Gasteiger partial charge in [0.15, 0.2) is 0 Å². The molecule has 21 heavy (non-hydrogen) atoms. The number of hydrogen-bond acceptors (Lipinski definition) is 3. The molecule has 1 heterocycles. The van der Waals surface area contributed by atoms with Crippen LogP contribution in [0.25, 0.3) is 0 Å². The molecule has 0 N–H and O–H groups in total. The fourth-order valence-corrected chi connectivity index (χ4v) is 3.85. The van der Waals surface area contributed by atoms with Crippen molar-refractivity contribution >= 4 is 6.08 Å². The lowest BCUT2D eigenvalue weighted by molar-refractivity contribution is 0.221. The zero-order chi connectivity index (χ0) is 14.5. The molecular formula is C18H24N2O. The second kappa shape index (κ2) is 6.55. The fraction of sp³-hybridized carbons (Fsp3) is 0.611. The van der Waals surface area contributed by atoms with Crippen molar-refractivity contribution in [1.29, 1.82) is 0 Å². The highest BCUT2D eigenvalue weighted by Gasteiger charge is 2.35. The van der Waals surface area contributed by atoms with E-state index in [1.165, 1.54) is 43.5 Å². The molecule has 1 aromatic rings. The van der Waals surface area contributed by atoms with E-state index in [1.54, 1.807) is 0 Å². The van der Waals surface area contributed by atoms with E-state index in [0.717, 1.165) is 32.2 Å². The number of benzene rings is 1. The van der Waals surface area contributed by atoms with Gasteiger partial charge in [0.1, 0.15) is 0 Å². The summed E-state index contributed by atoms with van der Waals surface area (Å²) in [5.41, 5.74) is 2.26. The molecule has 3 rings (SSSR count). The molecule has 2 fully saturated rings. The maximum absolute atomic E-state index is 10.8. The molecule has 0 unspecified atom stereocenters. The van der Waals surface area contributed by atoms with E-state index in [0.29, 0.717) is 0 Å². The minimum Gasteiger partial charge on any atom is -0.299 e. The lowest BCUT2D eigenvalue weighted by atomic mass is 9.88. The summed E-state index contributed by atoms with van der Waals surface area (Å²) >= 11 is 0. The Morgan fingerprint density at radius 2 is 1.86 bits per heavy atom. The molecule has 1 aliphatic carbocycles. The molecule has 3 nitrogen and oxygen atoms in total. The van der Waals surface area contributed by atoms with Crippen LogP contribution in [0.2, 0.25) is 0 Å². The van der Waals surface area contributed by atoms with Crippen molar-refractivity contribution in [1.82, 2.24) is 4.90 Å². The standard InChI is InChI=1S/C18H24N2O/c21-15-19-18(9-2-3-10-18)17-8-6-7-16(13-17)14-20-11-4-1-5-12-20/h6-8,13H,1-5,9-12,14H2. The maximum atomic E-state index is 10.8. The van der Waals surface area contributed by atoms with Crippen molar-refractivity contribution in [3.8, 4) is 0 Å². The van der Waals surface area contributed by atoms with Gasteiger partial charge >= 0.3 is 0 Å². The Bertz CT molecular complexity index is 522. The van der Waals surface area contributed by atoms with Crippen LogP contribution in [0.3, 0.4) is 0 Å². The van der Waals surface area contributed by atoms with Crippen molar-refractivity contribution in [2.45, 2.75) is 57.0 Å². The first-order chi connectivity index (χ1) is 10.3. The van der Waals surface area contributed by atoms with E-state index in [9.17, 15) is 4.79 Å². The van der Waals surface area contributed by atoms with E-state index < -0.39 is 0 Å². The second-order valence-electron chi connectivity index (χ2n) is 6.48. The Morgan fingerprint density at radius 1 is 1.10 bits per heavy atom. The van der Waals surface area contributed by atoms with Gasteiger partial charge in [-0.1, -0.05) is 43.5 Å². The van der Waals surface area contributed by atoms with Crippen LogP contribution in [-0.4, -0.2) is 24.1 Å². The van der Waals surface area contributed by atoms with Crippen LogP contribution in [-0.2, 0) is 16.9 Å². The van der Waals surface area contributed by atoms with Gasteiger partial charge in [0.25, 0.3) is 0 Å². The van der Waals surface area contributed by atoms with E-state index >= 15 is 0 Å². The van der Waals surface area contributed by atoms with Crippen molar-refractivity contribution in [3.63, 3.8) is 0 Å². The van der Waals surface area contributed by atoms with Crippen LogP contribution in [0, 0.1) is 0 Å². The Morgan fingerprint density at radius 3 is 2.57 bits per heavy atom. The molecule has 1 saturated heterocycles. The SMILES string of the molecule is O=C=NC1(c2cccc(CN3CCCCC3)c2)CCCC1. The molecule has 2 aliphatic rings. The highest BCUT2D eigenvalue weighted by atomic mass is 16.1. The zero-order valence-corrected chi connectivity index (χ0v) is 12.7. The number of hydrogen-bond donors (Lipinski definition) is 0. The second-order valence-corrected chi connectivity index (χ2v) is 6.48. The van der Waals surface area contributed by atoms with Crippen LogP contribution < -0.4 is 0 Å². The average molecular weight is 284 g/mol. The molecular weight excluding hydrogens is 260 g/mol. The van der Waals surface area contributed by atoms with Crippen molar-refractivity contribution in [3.05, 3.63) is 35.4 Å². The quantitative estimate of drug-likeness (QED) is 0.622. The van der Waals surface area contributed by atoms with Gasteiger partial charge in [0.2, 0.25) is 6.08 Å². The number of isocyanates is 1. The number of rotatable bonds is 4. The number of likely N-dealkylation sites (tertiary alicyclic amines) is 1. The first kappa shape index (κ1) is 14.5. The van der Waals surface area contributed by atoms with Gasteiger partial charge < -0.3 is 0 Å². The predicted molar refractivity (Wildman–Crippen MR) is 83.8 cm³/mol. The van der Waals surface area contributed by atoms with E-state index in [-0.39, 0.29) is 5.54 Å². The van der Waals surface area contributed by atoms with Crippen LogP contribution in [0.1, 0.15) is 56.1 Å². The zero-order valence-electron chi connectivity index (χ0n) is 12.7. The Balaban J connectivity index is 1.80. The van der Waals surface area contributed by atoms with E-state index in [4.69, 9.17) is 0 Å². The van der Waals surface area contributed by atoms with Crippen LogP contribution in [0.4, 0.5) is 0 Å². The van der Waals surface area contributed by atoms with Gasteiger partial charge in [0.05, 0.1) is 5.54 Å². The average Bonchev–Trinajstić information content (AvgIpc) is 2.99. The highest BCUT2D eigenvalue weighted by molar-refractivity contribution is 5.39. The van der Waals surface area contributed by atoms with Gasteiger partial charge in [-0.2, -0.15) is 4.99 Å². The van der Waals surface area contributed by atoms with Gasteiger partial charge in [-0.05, 0) is 49.9 Å². The van der Waals surface area contributed by atoms with Gasteiger partial charge in [-0.15, -0.1) is 0 Å². The molecule has 0 spiro atoms. The predicted octanol–water partition coefficient (Wildman–Crippen LogP) is 3.78. The minimum absolute atomic E-state index is 0.292. The van der Waals surface area contributed by atoms with Crippen LogP contribution >= 0.6 is 0 Å². The normalized spacial score (nSPS) is 21.9. The molecule has 1 saturated carbocycles. The minimum atomic E-state index is -0.292. The topological polar surface area (TPSA) is 32.7 Å². The van der Waals surface area contributed by atoms with Crippen LogP contribution in [0.15, 0.2) is 29.3 Å². The summed E-state index contributed by atoms with van der Waals surface area (Å²) in [7, 11) is 0. The smallest absolute Gasteiger partial charge is 0.235 e. The lowest BCUT2D eigenvalue weighted by Gasteiger charge is -2.28. The van der Waals surface area contributed by atoms with Crippen molar-refractivity contribution in [2.75, 3.05) is 13.1 Å². The fourth-order valence-electron chi connectivity index (χ4n) is 3.85. The third-order valence-corrected chi connectivity index (χ3v) is 5.01. The molecule has 0 amide bonds. The van der Waals surface area contributed by atoms with Crippen molar-refractivity contribution < 1.29 is 4.79 Å². The summed E-state index contributed by atoms with van der Waals surface area (Å²) in [6, 6.07) is 8.72. The Labute approximate surface area is 127 Å². The molecule has 0 radical (unpaired) electrons. The molecule has 1 aromatic carbocycles. The largest absolute Gasteiger partial charge is 0.299 e. The summed E-state index contributed by atoms with van der Waals surface area (Å²) < 4.78 is 0. The molecule has 3 heteroatoms. The molecule has 0 atom stereocenters. The van der Waals surface area contributed by atoms with E-state index in [2.05, 4.69) is 34.2 Å². The maximum Gasteiger partial charge on any atom is 0.235 e. The summed E-state index contributed by atoms with van der Waals surface area (Å²) in [6.45, 7) is 3.44. The Hall–Kier alpha value is -1.44. The number of aliphatic imine (C=N–C) groups is 1. The molecule has 0 bridgehead atoms. The summed E-state index contributed by atoms with van der Waals surface area (Å²) in [5.74, 6) is 0. The first-order valence-electron chi connectivity index (χ1n) is 8.23. The van der Waals surface area contributed by atoms with E-state index in [1.807, 2.05) is 6.08 Å². The molecule has 0 aromatic heterocycles. The first-order valence-corrected chi connectivity index (χ1v) is 8.23. The van der Waals surface area contributed by atoms with Gasteiger partial charge in [-0.3, -0.25) is 4.90 Å². The summed E-state index contributed by atoms with van der Waals surface area (Å²) in [6.07, 6.45) is 10.1. The summed E-state index contributed by atoms with van der Waals surface area (Å²) in [4.78, 5) is 17.6.